The Bertz CT molecular complexity index is 590. The standard InChI is InChI=1S/C10H10N4O3/c11-12-10(15)6-13-4-3-7-5-8(14(16)17)1-2-9(7)13/h1-5H,6,11H2,(H,12,15). The van der Waals surface area contributed by atoms with E-state index in [9.17, 15) is 14.9 Å². The van der Waals surface area contributed by atoms with Crippen LogP contribution in [0, 0.1) is 10.1 Å². The number of nitrogens with zero attached hydrogens (tertiary/aromatic N) is 2. The molecule has 7 nitrogen and oxygen atoms in total. The van der Waals surface area contributed by atoms with E-state index in [1.165, 1.54) is 12.1 Å². The number of amides is 1. The molecule has 0 radical (unpaired) electrons. The van der Waals surface area contributed by atoms with Gasteiger partial charge in [0.15, 0.2) is 0 Å². The van der Waals surface area contributed by atoms with Gasteiger partial charge in [-0.15, -0.1) is 0 Å². The van der Waals surface area contributed by atoms with Crippen molar-refractivity contribution in [2.75, 3.05) is 0 Å². The molecular formula is C10H10N4O3. The second kappa shape index (κ2) is 4.22. The number of hydrogen-bond acceptors (Lipinski definition) is 4. The lowest BCUT2D eigenvalue weighted by atomic mass is 10.2. The fraction of sp³-hybridized carbons (Fsp3) is 0.100. The van der Waals surface area contributed by atoms with Crippen molar-refractivity contribution in [1.29, 1.82) is 0 Å². The smallest absolute Gasteiger partial charge is 0.270 e. The number of nitrogens with two attached hydrogens (primary N) is 1. The van der Waals surface area contributed by atoms with E-state index in [0.29, 0.717) is 5.39 Å². The molecule has 2 rings (SSSR count). The molecule has 0 unspecified atom stereocenters. The van der Waals surface area contributed by atoms with Gasteiger partial charge in [-0.25, -0.2) is 5.84 Å². The Hall–Kier alpha value is -2.41. The van der Waals surface area contributed by atoms with Crippen molar-refractivity contribution in [2.45, 2.75) is 6.54 Å². The summed E-state index contributed by atoms with van der Waals surface area (Å²) in [5.41, 5.74) is 2.81. The normalized spacial score (nSPS) is 10.4. The summed E-state index contributed by atoms with van der Waals surface area (Å²) in [5, 5.41) is 11.3. The molecule has 7 heteroatoms. The highest BCUT2D eigenvalue weighted by Gasteiger charge is 2.09. The predicted octanol–water partition coefficient (Wildman–Crippen LogP) is 0.539. The maximum Gasteiger partial charge on any atom is 0.270 e. The summed E-state index contributed by atoms with van der Waals surface area (Å²) in [6.07, 6.45) is 1.68. The lowest BCUT2D eigenvalue weighted by molar-refractivity contribution is -0.384. The molecule has 0 aliphatic heterocycles. The van der Waals surface area contributed by atoms with Crippen molar-refractivity contribution >= 4 is 22.5 Å². The van der Waals surface area contributed by atoms with E-state index in [2.05, 4.69) is 0 Å². The Kier molecular flexibility index (Phi) is 2.75. The van der Waals surface area contributed by atoms with E-state index < -0.39 is 4.92 Å². The molecular weight excluding hydrogens is 224 g/mol. The molecule has 17 heavy (non-hydrogen) atoms. The Labute approximate surface area is 95.9 Å². The number of hydrazine groups is 1. The Morgan fingerprint density at radius 1 is 1.47 bits per heavy atom. The van der Waals surface area contributed by atoms with Crippen LogP contribution < -0.4 is 11.3 Å². The molecule has 0 bridgehead atoms. The summed E-state index contributed by atoms with van der Waals surface area (Å²) in [6, 6.07) is 6.19. The molecule has 2 aromatic rings. The molecule has 0 spiro atoms. The maximum atomic E-state index is 11.1. The number of carbonyl (C=O) groups excluding carboxylic acids is 1. The Morgan fingerprint density at radius 3 is 2.88 bits per heavy atom. The monoisotopic (exact) mass is 234 g/mol. The SMILES string of the molecule is NNC(=O)Cn1ccc2cc([N+](=O)[O-])ccc21. The molecule has 1 amide bonds. The molecule has 1 aromatic heterocycles. The van der Waals surface area contributed by atoms with Crippen molar-refractivity contribution in [3.8, 4) is 0 Å². The van der Waals surface area contributed by atoms with Crippen molar-refractivity contribution in [3.05, 3.63) is 40.6 Å². The lowest BCUT2D eigenvalue weighted by Gasteiger charge is -2.03. The van der Waals surface area contributed by atoms with Crippen LogP contribution in [0.1, 0.15) is 0 Å². The molecule has 1 aromatic carbocycles. The van der Waals surface area contributed by atoms with Crippen LogP contribution in [0.3, 0.4) is 0 Å². The summed E-state index contributed by atoms with van der Waals surface area (Å²) < 4.78 is 1.67. The first-order valence-corrected chi connectivity index (χ1v) is 4.84. The van der Waals surface area contributed by atoms with E-state index in [0.717, 1.165) is 5.52 Å². The van der Waals surface area contributed by atoms with Crippen molar-refractivity contribution in [2.24, 2.45) is 5.84 Å². The lowest BCUT2D eigenvalue weighted by Crippen LogP contribution is -2.33. The number of nitrogens with one attached hydrogen (secondary N) is 1. The van der Waals surface area contributed by atoms with Crippen LogP contribution in [0.15, 0.2) is 30.5 Å². The van der Waals surface area contributed by atoms with Gasteiger partial charge in [0.2, 0.25) is 0 Å². The van der Waals surface area contributed by atoms with E-state index in [1.807, 2.05) is 5.43 Å². The van der Waals surface area contributed by atoms with Crippen LogP contribution in [0.4, 0.5) is 5.69 Å². The third kappa shape index (κ3) is 2.08. The number of non-ortho nitro benzene ring substituents is 1. The summed E-state index contributed by atoms with van der Waals surface area (Å²) in [5.74, 6) is 4.66. The number of nitro benzene ring substituents is 1. The minimum absolute atomic E-state index is 0.0264. The van der Waals surface area contributed by atoms with Gasteiger partial charge < -0.3 is 4.57 Å². The number of aromatic nitrogens is 1. The number of nitro groups is 1. The number of benzene rings is 1. The minimum atomic E-state index is -0.455. The second-order valence-electron chi connectivity index (χ2n) is 3.51. The quantitative estimate of drug-likeness (QED) is 0.350. The number of rotatable bonds is 3. The molecule has 0 saturated carbocycles. The van der Waals surface area contributed by atoms with Crippen molar-refractivity contribution in [3.63, 3.8) is 0 Å². The molecule has 0 fully saturated rings. The third-order valence-corrected chi connectivity index (χ3v) is 2.44. The summed E-state index contributed by atoms with van der Waals surface area (Å²) in [4.78, 5) is 21.3. The molecule has 88 valence electrons. The average molecular weight is 234 g/mol. The first kappa shape index (κ1) is 11.1. The number of carbonyl (C=O) groups is 1. The summed E-state index contributed by atoms with van der Waals surface area (Å²) >= 11 is 0. The fourth-order valence-corrected chi connectivity index (χ4v) is 1.64. The van der Waals surface area contributed by atoms with E-state index in [-0.39, 0.29) is 18.1 Å². The van der Waals surface area contributed by atoms with E-state index >= 15 is 0 Å². The summed E-state index contributed by atoms with van der Waals surface area (Å²) in [7, 11) is 0. The van der Waals surface area contributed by atoms with Crippen LogP contribution in [0.5, 0.6) is 0 Å². The third-order valence-electron chi connectivity index (χ3n) is 2.44. The van der Waals surface area contributed by atoms with Crippen LogP contribution in [-0.2, 0) is 11.3 Å². The Morgan fingerprint density at radius 2 is 2.24 bits per heavy atom. The highest BCUT2D eigenvalue weighted by molar-refractivity contribution is 5.84. The maximum absolute atomic E-state index is 11.1. The fourth-order valence-electron chi connectivity index (χ4n) is 1.64. The van der Waals surface area contributed by atoms with Crippen molar-refractivity contribution in [1.82, 2.24) is 9.99 Å². The van der Waals surface area contributed by atoms with E-state index in [4.69, 9.17) is 5.84 Å². The number of hydrogen-bond donors (Lipinski definition) is 2. The second-order valence-corrected chi connectivity index (χ2v) is 3.51. The molecule has 1 heterocycles. The van der Waals surface area contributed by atoms with Gasteiger partial charge in [-0.1, -0.05) is 0 Å². The number of fused-ring (bicyclic) bond motifs is 1. The largest absolute Gasteiger partial charge is 0.338 e. The molecule has 0 saturated heterocycles. The van der Waals surface area contributed by atoms with Gasteiger partial charge in [-0.2, -0.15) is 0 Å². The van der Waals surface area contributed by atoms with Crippen LogP contribution in [0.25, 0.3) is 10.9 Å². The topological polar surface area (TPSA) is 103 Å². The Balaban J connectivity index is 2.41. The first-order valence-electron chi connectivity index (χ1n) is 4.84. The molecule has 0 atom stereocenters. The van der Waals surface area contributed by atoms with Gasteiger partial charge in [0.05, 0.1) is 4.92 Å². The zero-order valence-corrected chi connectivity index (χ0v) is 8.79. The van der Waals surface area contributed by atoms with Gasteiger partial charge in [-0.05, 0) is 12.1 Å². The zero-order chi connectivity index (χ0) is 12.4. The van der Waals surface area contributed by atoms with Gasteiger partial charge in [0.1, 0.15) is 6.54 Å². The van der Waals surface area contributed by atoms with Crippen LogP contribution in [-0.4, -0.2) is 15.4 Å². The molecule has 0 aliphatic carbocycles. The minimum Gasteiger partial charge on any atom is -0.338 e. The van der Waals surface area contributed by atoms with Gasteiger partial charge in [-0.3, -0.25) is 20.3 Å². The highest BCUT2D eigenvalue weighted by Crippen LogP contribution is 2.21. The van der Waals surface area contributed by atoms with E-state index in [1.54, 1.807) is 22.9 Å². The van der Waals surface area contributed by atoms with Gasteiger partial charge in [0.25, 0.3) is 11.6 Å². The van der Waals surface area contributed by atoms with Gasteiger partial charge >= 0.3 is 0 Å². The van der Waals surface area contributed by atoms with Crippen LogP contribution in [0.2, 0.25) is 0 Å². The summed E-state index contributed by atoms with van der Waals surface area (Å²) in [6.45, 7) is 0.0812. The zero-order valence-electron chi connectivity index (χ0n) is 8.79. The predicted molar refractivity (Wildman–Crippen MR) is 60.9 cm³/mol. The highest BCUT2D eigenvalue weighted by atomic mass is 16.6. The average Bonchev–Trinajstić information content (AvgIpc) is 2.71. The van der Waals surface area contributed by atoms with Crippen LogP contribution >= 0.6 is 0 Å². The molecule has 0 aliphatic rings. The van der Waals surface area contributed by atoms with Gasteiger partial charge in [0, 0.05) is 29.2 Å². The van der Waals surface area contributed by atoms with Crippen molar-refractivity contribution < 1.29 is 9.72 Å². The molecule has 3 N–H and O–H groups in total. The first-order chi connectivity index (χ1) is 8.11.